The zero-order valence-corrected chi connectivity index (χ0v) is 14.4. The van der Waals surface area contributed by atoms with Gasteiger partial charge in [0.25, 0.3) is 0 Å². The van der Waals surface area contributed by atoms with E-state index in [1.54, 1.807) is 7.11 Å². The summed E-state index contributed by atoms with van der Waals surface area (Å²) in [5.41, 5.74) is 1.05. The van der Waals surface area contributed by atoms with Crippen molar-refractivity contribution in [3.8, 4) is 11.8 Å². The lowest BCUT2D eigenvalue weighted by molar-refractivity contribution is -0.905. The second kappa shape index (κ2) is 11.0. The van der Waals surface area contributed by atoms with E-state index in [0.29, 0.717) is 32.1 Å². The van der Waals surface area contributed by atoms with E-state index in [1.165, 1.54) is 4.90 Å². The molecule has 1 unspecified atom stereocenters. The first kappa shape index (κ1) is 19.4. The van der Waals surface area contributed by atoms with Crippen LogP contribution in [0.2, 0.25) is 0 Å². The lowest BCUT2D eigenvalue weighted by Crippen LogP contribution is -3.13. The summed E-state index contributed by atoms with van der Waals surface area (Å²) in [7, 11) is 1.64. The molecule has 0 radical (unpaired) electrons. The molecule has 0 fully saturated rings. The molecule has 0 bridgehead atoms. The van der Waals surface area contributed by atoms with Gasteiger partial charge >= 0.3 is 0 Å². The molecule has 128 valence electrons. The molecule has 2 atom stereocenters. The normalized spacial score (nSPS) is 13.6. The first-order valence-corrected chi connectivity index (χ1v) is 8.14. The Bertz CT molecular complexity index is 468. The number of benzene rings is 1. The molecule has 0 aliphatic heterocycles. The second-order valence-electron chi connectivity index (χ2n) is 6.23. The maximum atomic E-state index is 10.1. The van der Waals surface area contributed by atoms with E-state index in [9.17, 15) is 5.11 Å². The van der Waals surface area contributed by atoms with Crippen LogP contribution in [0.4, 0.5) is 0 Å². The molecule has 0 saturated carbocycles. The third-order valence-corrected chi connectivity index (χ3v) is 3.55. The fraction of sp³-hybridized carbons (Fsp3) is 0.611. The highest BCUT2D eigenvalue weighted by Gasteiger charge is 2.16. The number of hydrogen-bond acceptors (Lipinski definition) is 4. The van der Waals surface area contributed by atoms with Gasteiger partial charge in [-0.3, -0.25) is 0 Å². The lowest BCUT2D eigenvalue weighted by atomic mass is 10.2. The van der Waals surface area contributed by atoms with Gasteiger partial charge in [0.1, 0.15) is 18.4 Å². The van der Waals surface area contributed by atoms with E-state index < -0.39 is 6.10 Å². The van der Waals surface area contributed by atoms with Gasteiger partial charge in [-0.05, 0) is 17.7 Å². The lowest BCUT2D eigenvalue weighted by Gasteiger charge is -2.23. The third-order valence-electron chi connectivity index (χ3n) is 3.55. The second-order valence-corrected chi connectivity index (χ2v) is 6.23. The monoisotopic (exact) mass is 321 g/mol. The number of ether oxygens (including phenoxy) is 2. The molecule has 23 heavy (non-hydrogen) atoms. The van der Waals surface area contributed by atoms with E-state index in [-0.39, 0.29) is 0 Å². The highest BCUT2D eigenvalue weighted by atomic mass is 16.5. The Hall–Kier alpha value is -1.61. The minimum Gasteiger partial charge on any atom is -0.497 e. The van der Waals surface area contributed by atoms with Crippen molar-refractivity contribution in [2.75, 3.05) is 33.4 Å². The van der Waals surface area contributed by atoms with Crippen LogP contribution in [-0.2, 0) is 11.3 Å². The van der Waals surface area contributed by atoms with Crippen LogP contribution >= 0.6 is 0 Å². The van der Waals surface area contributed by atoms with Crippen molar-refractivity contribution in [2.24, 2.45) is 5.92 Å². The Morgan fingerprint density at radius 2 is 1.91 bits per heavy atom. The fourth-order valence-corrected chi connectivity index (χ4v) is 2.52. The van der Waals surface area contributed by atoms with Gasteiger partial charge in [-0.2, -0.15) is 5.26 Å². The van der Waals surface area contributed by atoms with Gasteiger partial charge in [0, 0.05) is 5.92 Å². The SMILES string of the molecule is COc1ccc(COC[C@@H](O)C[NH+](CCC#N)CC(C)C)cc1. The van der Waals surface area contributed by atoms with Crippen LogP contribution in [0.15, 0.2) is 24.3 Å². The molecular formula is C18H29N2O3+. The summed E-state index contributed by atoms with van der Waals surface area (Å²) in [6.07, 6.45) is 0.00211. The van der Waals surface area contributed by atoms with Crippen LogP contribution < -0.4 is 9.64 Å². The number of aliphatic hydroxyl groups is 1. The molecule has 1 aromatic carbocycles. The average molecular weight is 321 g/mol. The van der Waals surface area contributed by atoms with Crippen LogP contribution in [0.3, 0.4) is 0 Å². The van der Waals surface area contributed by atoms with Gasteiger partial charge in [0.2, 0.25) is 0 Å². The predicted octanol–water partition coefficient (Wildman–Crippen LogP) is 1.03. The number of nitrogens with zero attached hydrogens (tertiary/aromatic N) is 1. The first-order valence-electron chi connectivity index (χ1n) is 8.14. The smallest absolute Gasteiger partial charge is 0.126 e. The van der Waals surface area contributed by atoms with Crippen molar-refractivity contribution in [3.63, 3.8) is 0 Å². The first-order chi connectivity index (χ1) is 11.0. The Morgan fingerprint density at radius 3 is 2.48 bits per heavy atom. The summed E-state index contributed by atoms with van der Waals surface area (Å²) in [6.45, 7) is 7.42. The zero-order valence-electron chi connectivity index (χ0n) is 14.4. The van der Waals surface area contributed by atoms with E-state index in [0.717, 1.165) is 24.4 Å². The van der Waals surface area contributed by atoms with Gasteiger partial charge in [-0.15, -0.1) is 0 Å². The minimum absolute atomic E-state index is 0.306. The largest absolute Gasteiger partial charge is 0.497 e. The summed E-state index contributed by atoms with van der Waals surface area (Å²) < 4.78 is 10.7. The Morgan fingerprint density at radius 1 is 1.22 bits per heavy atom. The van der Waals surface area contributed by atoms with Gasteiger partial charge in [0.15, 0.2) is 0 Å². The van der Waals surface area contributed by atoms with Crippen LogP contribution in [0.25, 0.3) is 0 Å². The van der Waals surface area contributed by atoms with Crippen LogP contribution in [-0.4, -0.2) is 44.6 Å². The number of hydrogen-bond donors (Lipinski definition) is 2. The Labute approximate surface area is 139 Å². The van der Waals surface area contributed by atoms with E-state index in [2.05, 4.69) is 19.9 Å². The summed E-state index contributed by atoms with van der Waals surface area (Å²) in [5, 5.41) is 18.9. The number of nitriles is 1. The molecule has 2 N–H and O–H groups in total. The van der Waals surface area contributed by atoms with Gasteiger partial charge < -0.3 is 19.5 Å². The van der Waals surface area contributed by atoms with E-state index in [4.69, 9.17) is 14.7 Å². The van der Waals surface area contributed by atoms with Gasteiger partial charge in [-0.25, -0.2) is 0 Å². The molecule has 1 aromatic rings. The number of quaternary nitrogens is 1. The quantitative estimate of drug-likeness (QED) is 0.639. The molecular weight excluding hydrogens is 292 g/mol. The maximum absolute atomic E-state index is 10.1. The molecule has 5 heteroatoms. The van der Waals surface area contributed by atoms with Crippen molar-refractivity contribution in [2.45, 2.75) is 33.0 Å². The van der Waals surface area contributed by atoms with E-state index in [1.807, 2.05) is 24.3 Å². The fourth-order valence-electron chi connectivity index (χ4n) is 2.52. The van der Waals surface area contributed by atoms with Crippen molar-refractivity contribution < 1.29 is 19.5 Å². The molecule has 5 nitrogen and oxygen atoms in total. The zero-order chi connectivity index (χ0) is 17.1. The molecule has 0 saturated heterocycles. The van der Waals surface area contributed by atoms with Crippen LogP contribution in [0.1, 0.15) is 25.8 Å². The summed E-state index contributed by atoms with van der Waals surface area (Å²) >= 11 is 0. The van der Waals surface area contributed by atoms with Crippen molar-refractivity contribution in [1.29, 1.82) is 5.26 Å². The molecule has 0 aliphatic rings. The molecule has 0 amide bonds. The van der Waals surface area contributed by atoms with E-state index >= 15 is 0 Å². The number of aliphatic hydroxyl groups excluding tert-OH is 1. The standard InChI is InChI=1S/C18H28N2O3/c1-15(2)11-20(10-4-9-19)12-17(21)14-23-13-16-5-7-18(22-3)8-6-16/h5-8,15,17,21H,4,10-14H2,1-3H3/p+1/t17-/m0/s1. The molecule has 0 aliphatic carbocycles. The van der Waals surface area contributed by atoms with Gasteiger partial charge in [0.05, 0.1) is 45.9 Å². The van der Waals surface area contributed by atoms with Crippen LogP contribution in [0, 0.1) is 17.2 Å². The third kappa shape index (κ3) is 8.56. The average Bonchev–Trinajstić information content (AvgIpc) is 2.52. The molecule has 0 spiro atoms. The Kier molecular flexibility index (Phi) is 9.30. The summed E-state index contributed by atoms with van der Waals surface area (Å²) in [4.78, 5) is 1.25. The topological polar surface area (TPSA) is 66.9 Å². The summed E-state index contributed by atoms with van der Waals surface area (Å²) in [5.74, 6) is 1.36. The molecule has 0 aromatic heterocycles. The number of methoxy groups -OCH3 is 1. The number of nitrogens with one attached hydrogen (secondary N) is 1. The Balaban J connectivity index is 2.32. The molecule has 1 rings (SSSR count). The van der Waals surface area contributed by atoms with Gasteiger partial charge in [-0.1, -0.05) is 26.0 Å². The van der Waals surface area contributed by atoms with Crippen molar-refractivity contribution in [3.05, 3.63) is 29.8 Å². The highest BCUT2D eigenvalue weighted by molar-refractivity contribution is 5.26. The van der Waals surface area contributed by atoms with Crippen molar-refractivity contribution in [1.82, 2.24) is 0 Å². The maximum Gasteiger partial charge on any atom is 0.126 e. The highest BCUT2D eigenvalue weighted by Crippen LogP contribution is 2.11. The number of rotatable bonds is 11. The van der Waals surface area contributed by atoms with Crippen molar-refractivity contribution >= 4 is 0 Å². The van der Waals surface area contributed by atoms with Crippen LogP contribution in [0.5, 0.6) is 5.75 Å². The molecule has 0 heterocycles. The summed E-state index contributed by atoms with van der Waals surface area (Å²) in [6, 6.07) is 9.87. The predicted molar refractivity (Wildman–Crippen MR) is 89.3 cm³/mol. The minimum atomic E-state index is -0.513.